The quantitative estimate of drug-likeness (QED) is 0.564. The summed E-state index contributed by atoms with van der Waals surface area (Å²) in [6, 6.07) is 16.6. The number of anilines is 1. The van der Waals surface area contributed by atoms with Gasteiger partial charge in [0.2, 0.25) is 11.8 Å². The van der Waals surface area contributed by atoms with Crippen molar-refractivity contribution in [1.29, 1.82) is 0 Å². The number of nitrogens with one attached hydrogen (secondary N) is 2. The summed E-state index contributed by atoms with van der Waals surface area (Å²) in [5, 5.41) is 7.38. The molecular formula is C20H22ClN3O2. The number of hydrogen-bond donors (Lipinski definition) is 2. The van der Waals surface area contributed by atoms with E-state index < -0.39 is 0 Å². The lowest BCUT2D eigenvalue weighted by molar-refractivity contribution is -0.124. The highest BCUT2D eigenvalue weighted by molar-refractivity contribution is 6.33. The highest BCUT2D eigenvalue weighted by Gasteiger charge is 2.11. The van der Waals surface area contributed by atoms with Crippen LogP contribution in [0.1, 0.15) is 32.3 Å². The molecule has 0 atom stereocenters. The molecule has 136 valence electrons. The van der Waals surface area contributed by atoms with Crippen molar-refractivity contribution in [1.82, 2.24) is 5.43 Å². The molecule has 2 amide bonds. The van der Waals surface area contributed by atoms with Gasteiger partial charge in [0.25, 0.3) is 0 Å². The van der Waals surface area contributed by atoms with Gasteiger partial charge in [0.05, 0.1) is 16.4 Å². The number of nitrogens with zero attached hydrogens (tertiary/aromatic N) is 1. The molecule has 0 radical (unpaired) electrons. The first kappa shape index (κ1) is 19.7. The van der Waals surface area contributed by atoms with Crippen molar-refractivity contribution in [3.63, 3.8) is 0 Å². The average molecular weight is 372 g/mol. The number of benzene rings is 2. The van der Waals surface area contributed by atoms with E-state index in [1.165, 1.54) is 0 Å². The third-order valence-electron chi connectivity index (χ3n) is 3.64. The van der Waals surface area contributed by atoms with E-state index in [9.17, 15) is 9.59 Å². The van der Waals surface area contributed by atoms with Crippen LogP contribution >= 0.6 is 11.6 Å². The van der Waals surface area contributed by atoms with Crippen molar-refractivity contribution in [2.24, 2.45) is 11.0 Å². The van der Waals surface area contributed by atoms with Crippen molar-refractivity contribution in [2.45, 2.75) is 26.7 Å². The van der Waals surface area contributed by atoms with E-state index in [-0.39, 0.29) is 30.6 Å². The minimum Gasteiger partial charge on any atom is -0.325 e. The van der Waals surface area contributed by atoms with Crippen LogP contribution in [0, 0.1) is 5.92 Å². The maximum Gasteiger partial charge on any atom is 0.240 e. The lowest BCUT2D eigenvalue weighted by Crippen LogP contribution is -2.23. The predicted octanol–water partition coefficient (Wildman–Crippen LogP) is 4.24. The second kappa shape index (κ2) is 9.73. The van der Waals surface area contributed by atoms with Crippen LogP contribution in [0.4, 0.5) is 5.69 Å². The molecule has 0 spiro atoms. The molecule has 0 fully saturated rings. The lowest BCUT2D eigenvalue weighted by Gasteiger charge is -2.11. The fourth-order valence-corrected chi connectivity index (χ4v) is 2.50. The Balaban J connectivity index is 1.87. The second-order valence-corrected chi connectivity index (χ2v) is 6.49. The van der Waals surface area contributed by atoms with Gasteiger partial charge in [-0.3, -0.25) is 9.59 Å². The van der Waals surface area contributed by atoms with Crippen LogP contribution in [0.2, 0.25) is 5.02 Å². The Hall–Kier alpha value is -2.66. The van der Waals surface area contributed by atoms with Crippen LogP contribution in [0.3, 0.4) is 0 Å². The summed E-state index contributed by atoms with van der Waals surface area (Å²) in [5.41, 5.74) is 4.82. The predicted molar refractivity (Wildman–Crippen MR) is 105 cm³/mol. The van der Waals surface area contributed by atoms with Gasteiger partial charge < -0.3 is 5.32 Å². The average Bonchev–Trinajstić information content (AvgIpc) is 2.63. The molecule has 0 aliphatic rings. The summed E-state index contributed by atoms with van der Waals surface area (Å²) in [6.07, 6.45) is 0.0921. The zero-order chi connectivity index (χ0) is 18.9. The van der Waals surface area contributed by atoms with Crippen LogP contribution < -0.4 is 10.7 Å². The third-order valence-corrected chi connectivity index (χ3v) is 3.97. The molecular weight excluding hydrogens is 350 g/mol. The van der Waals surface area contributed by atoms with Gasteiger partial charge in [0.1, 0.15) is 0 Å². The Bertz CT molecular complexity index is 789. The standard InChI is InChI=1S/C20H22ClN3O2/c1-14(2)20(15-8-4-3-5-9-15)24-23-19(26)13-12-18(25)22-17-11-7-6-10-16(17)21/h3-11,14H,12-13H2,1-2H3,(H,22,25)(H,23,26). The maximum absolute atomic E-state index is 12.0. The molecule has 2 aromatic carbocycles. The van der Waals surface area contributed by atoms with Gasteiger partial charge in [-0.05, 0) is 23.6 Å². The summed E-state index contributed by atoms with van der Waals surface area (Å²) in [5.74, 6) is -0.431. The first-order valence-electron chi connectivity index (χ1n) is 8.43. The smallest absolute Gasteiger partial charge is 0.240 e. The molecule has 2 rings (SSSR count). The third kappa shape index (κ3) is 6.01. The molecule has 0 aromatic heterocycles. The van der Waals surface area contributed by atoms with Crippen LogP contribution in [0.25, 0.3) is 0 Å². The number of hydrogen-bond acceptors (Lipinski definition) is 3. The topological polar surface area (TPSA) is 70.6 Å². The molecule has 2 aromatic rings. The van der Waals surface area contributed by atoms with E-state index in [2.05, 4.69) is 15.8 Å². The number of halogens is 1. The van der Waals surface area contributed by atoms with Gasteiger partial charge in [-0.1, -0.05) is 67.9 Å². The molecule has 6 heteroatoms. The lowest BCUT2D eigenvalue weighted by atomic mass is 10.0. The van der Waals surface area contributed by atoms with E-state index in [0.717, 1.165) is 11.3 Å². The Morgan fingerprint density at radius 1 is 0.962 bits per heavy atom. The number of amides is 2. The van der Waals surface area contributed by atoms with Crippen molar-refractivity contribution in [2.75, 3.05) is 5.32 Å². The van der Waals surface area contributed by atoms with Crippen molar-refractivity contribution >= 4 is 34.8 Å². The number of carbonyl (C=O) groups is 2. The highest BCUT2D eigenvalue weighted by atomic mass is 35.5. The summed E-state index contributed by atoms with van der Waals surface area (Å²) in [7, 11) is 0. The summed E-state index contributed by atoms with van der Waals surface area (Å²) in [6.45, 7) is 4.02. The Morgan fingerprint density at radius 3 is 2.23 bits per heavy atom. The van der Waals surface area contributed by atoms with Crippen LogP contribution in [-0.4, -0.2) is 17.5 Å². The molecule has 0 aliphatic heterocycles. The fourth-order valence-electron chi connectivity index (χ4n) is 2.32. The van der Waals surface area contributed by atoms with Gasteiger partial charge >= 0.3 is 0 Å². The van der Waals surface area contributed by atoms with Crippen molar-refractivity contribution in [3.05, 3.63) is 65.2 Å². The summed E-state index contributed by atoms with van der Waals surface area (Å²) >= 11 is 5.99. The SMILES string of the molecule is CC(C)C(=NNC(=O)CCC(=O)Nc1ccccc1Cl)c1ccccc1. The molecule has 0 saturated carbocycles. The number of hydrazone groups is 1. The Labute approximate surface area is 158 Å². The maximum atomic E-state index is 12.0. The van der Waals surface area contributed by atoms with E-state index >= 15 is 0 Å². The van der Waals surface area contributed by atoms with Gasteiger partial charge in [0.15, 0.2) is 0 Å². The van der Waals surface area contributed by atoms with Crippen LogP contribution in [0.15, 0.2) is 59.7 Å². The fraction of sp³-hybridized carbons (Fsp3) is 0.250. The largest absolute Gasteiger partial charge is 0.325 e. The highest BCUT2D eigenvalue weighted by Crippen LogP contribution is 2.20. The second-order valence-electron chi connectivity index (χ2n) is 6.08. The molecule has 0 saturated heterocycles. The summed E-state index contributed by atoms with van der Waals surface area (Å²) in [4.78, 5) is 24.0. The van der Waals surface area contributed by atoms with Crippen molar-refractivity contribution < 1.29 is 9.59 Å². The Kier molecular flexibility index (Phi) is 7.36. The monoisotopic (exact) mass is 371 g/mol. The molecule has 0 heterocycles. The number of rotatable bonds is 7. The van der Waals surface area contributed by atoms with Gasteiger partial charge in [-0.2, -0.15) is 5.10 Å². The van der Waals surface area contributed by atoms with Crippen molar-refractivity contribution in [3.8, 4) is 0 Å². The van der Waals surface area contributed by atoms with E-state index in [1.54, 1.807) is 24.3 Å². The van der Waals surface area contributed by atoms with Gasteiger partial charge in [-0.25, -0.2) is 5.43 Å². The minimum absolute atomic E-state index is 0.0416. The van der Waals surface area contributed by atoms with E-state index in [0.29, 0.717) is 10.7 Å². The molecule has 26 heavy (non-hydrogen) atoms. The summed E-state index contributed by atoms with van der Waals surface area (Å²) < 4.78 is 0. The molecule has 0 bridgehead atoms. The molecule has 0 unspecified atom stereocenters. The van der Waals surface area contributed by atoms with Crippen LogP contribution in [-0.2, 0) is 9.59 Å². The van der Waals surface area contributed by atoms with E-state index in [4.69, 9.17) is 11.6 Å². The zero-order valence-electron chi connectivity index (χ0n) is 14.8. The Morgan fingerprint density at radius 2 is 1.58 bits per heavy atom. The molecule has 0 aliphatic carbocycles. The van der Waals surface area contributed by atoms with Gasteiger partial charge in [-0.15, -0.1) is 0 Å². The number of para-hydroxylation sites is 1. The van der Waals surface area contributed by atoms with Crippen LogP contribution in [0.5, 0.6) is 0 Å². The van der Waals surface area contributed by atoms with Gasteiger partial charge in [0, 0.05) is 12.8 Å². The normalized spacial score (nSPS) is 11.3. The van der Waals surface area contributed by atoms with E-state index in [1.807, 2.05) is 44.2 Å². The number of carbonyl (C=O) groups excluding carboxylic acids is 2. The molecule has 2 N–H and O–H groups in total. The zero-order valence-corrected chi connectivity index (χ0v) is 15.6. The minimum atomic E-state index is -0.312. The first-order valence-corrected chi connectivity index (χ1v) is 8.81. The first-order chi connectivity index (χ1) is 12.5. The molecule has 5 nitrogen and oxygen atoms in total.